The average molecular weight is 145 g/mol. The fourth-order valence-corrected chi connectivity index (χ4v) is 1.30. The first-order valence-corrected chi connectivity index (χ1v) is 4.47. The number of hydrogen-bond acceptors (Lipinski definition) is 0. The SMILES string of the molecule is CCCCC(C)CC[S]. The predicted molar refractivity (Wildman–Crippen MR) is 45.8 cm³/mol. The van der Waals surface area contributed by atoms with Gasteiger partial charge in [-0.05, 0) is 12.3 Å². The van der Waals surface area contributed by atoms with E-state index in [-0.39, 0.29) is 0 Å². The Hall–Kier alpha value is 0.350. The van der Waals surface area contributed by atoms with Crippen molar-refractivity contribution in [3.05, 3.63) is 0 Å². The van der Waals surface area contributed by atoms with Gasteiger partial charge in [0.15, 0.2) is 0 Å². The molecule has 0 saturated carbocycles. The first-order chi connectivity index (χ1) is 4.31. The van der Waals surface area contributed by atoms with E-state index in [1.54, 1.807) is 0 Å². The highest BCUT2D eigenvalue weighted by Crippen LogP contribution is 2.11. The van der Waals surface area contributed by atoms with E-state index in [9.17, 15) is 0 Å². The van der Waals surface area contributed by atoms with Crippen LogP contribution in [0.3, 0.4) is 0 Å². The van der Waals surface area contributed by atoms with E-state index in [1.807, 2.05) is 0 Å². The largest absolute Gasteiger partial charge is 0.0941 e. The van der Waals surface area contributed by atoms with Gasteiger partial charge < -0.3 is 0 Å². The zero-order chi connectivity index (χ0) is 7.11. The molecule has 0 aromatic rings. The van der Waals surface area contributed by atoms with E-state index in [1.165, 1.54) is 25.7 Å². The molecule has 0 rings (SSSR count). The molecule has 0 nitrogen and oxygen atoms in total. The second-order valence-electron chi connectivity index (χ2n) is 2.74. The quantitative estimate of drug-likeness (QED) is 0.556. The van der Waals surface area contributed by atoms with Crippen LogP contribution in [-0.4, -0.2) is 5.75 Å². The second-order valence-corrected chi connectivity index (χ2v) is 3.15. The molecule has 1 radical (unpaired) electrons. The van der Waals surface area contributed by atoms with Crippen LogP contribution in [0.25, 0.3) is 0 Å². The van der Waals surface area contributed by atoms with Gasteiger partial charge in [0, 0.05) is 5.75 Å². The van der Waals surface area contributed by atoms with Gasteiger partial charge >= 0.3 is 0 Å². The maximum absolute atomic E-state index is 4.88. The molecule has 1 unspecified atom stereocenters. The molecule has 0 aliphatic carbocycles. The van der Waals surface area contributed by atoms with E-state index in [0.717, 1.165) is 11.7 Å². The van der Waals surface area contributed by atoms with Crippen molar-refractivity contribution in [1.82, 2.24) is 0 Å². The Kier molecular flexibility index (Phi) is 6.72. The van der Waals surface area contributed by atoms with Crippen LogP contribution in [0.2, 0.25) is 0 Å². The number of rotatable bonds is 5. The lowest BCUT2D eigenvalue weighted by Gasteiger charge is -2.06. The molecular weight excluding hydrogens is 128 g/mol. The van der Waals surface area contributed by atoms with Gasteiger partial charge in [-0.3, -0.25) is 0 Å². The van der Waals surface area contributed by atoms with Crippen LogP contribution in [0.1, 0.15) is 39.5 Å². The first kappa shape index (κ1) is 9.35. The Balaban J connectivity index is 2.95. The summed E-state index contributed by atoms with van der Waals surface area (Å²) in [6.07, 6.45) is 5.29. The first-order valence-electron chi connectivity index (χ1n) is 3.89. The molecule has 0 aromatic heterocycles. The molecule has 1 heteroatoms. The molecule has 0 fully saturated rings. The third-order valence-corrected chi connectivity index (χ3v) is 1.90. The molecule has 9 heavy (non-hydrogen) atoms. The fourth-order valence-electron chi connectivity index (χ4n) is 0.898. The molecule has 0 heterocycles. The van der Waals surface area contributed by atoms with Crippen LogP contribution >= 0.6 is 12.6 Å². The maximum Gasteiger partial charge on any atom is 0.00394 e. The minimum atomic E-state index is 0.863. The van der Waals surface area contributed by atoms with Crippen LogP contribution in [0.5, 0.6) is 0 Å². The Morgan fingerprint density at radius 1 is 1.33 bits per heavy atom. The molecule has 0 aliphatic heterocycles. The summed E-state index contributed by atoms with van der Waals surface area (Å²) >= 11 is 4.88. The van der Waals surface area contributed by atoms with Crippen molar-refractivity contribution < 1.29 is 0 Å². The van der Waals surface area contributed by atoms with Gasteiger partial charge in [-0.25, -0.2) is 0 Å². The summed E-state index contributed by atoms with van der Waals surface area (Å²) in [7, 11) is 0. The lowest BCUT2D eigenvalue weighted by atomic mass is 10.0. The van der Waals surface area contributed by atoms with Crippen molar-refractivity contribution in [3.8, 4) is 0 Å². The number of hydrogen-bond donors (Lipinski definition) is 0. The fraction of sp³-hybridized carbons (Fsp3) is 1.00. The van der Waals surface area contributed by atoms with E-state index < -0.39 is 0 Å². The molecule has 0 saturated heterocycles. The molecule has 55 valence electrons. The minimum absolute atomic E-state index is 0.863. The molecule has 0 aliphatic rings. The Labute approximate surface area is 64.4 Å². The Morgan fingerprint density at radius 3 is 2.44 bits per heavy atom. The highest BCUT2D eigenvalue weighted by atomic mass is 32.1. The zero-order valence-corrected chi connectivity index (χ0v) is 7.34. The summed E-state index contributed by atoms with van der Waals surface area (Å²) in [5.74, 6) is 1.80. The van der Waals surface area contributed by atoms with Crippen molar-refractivity contribution >= 4 is 12.6 Å². The smallest absolute Gasteiger partial charge is 0.00394 e. The van der Waals surface area contributed by atoms with E-state index in [4.69, 9.17) is 12.6 Å². The van der Waals surface area contributed by atoms with E-state index in [2.05, 4.69) is 13.8 Å². The van der Waals surface area contributed by atoms with Crippen molar-refractivity contribution in [2.75, 3.05) is 5.75 Å². The lowest BCUT2D eigenvalue weighted by molar-refractivity contribution is 0.495. The summed E-state index contributed by atoms with van der Waals surface area (Å²) in [4.78, 5) is 0. The molecule has 0 bridgehead atoms. The van der Waals surface area contributed by atoms with Crippen LogP contribution in [-0.2, 0) is 0 Å². The summed E-state index contributed by atoms with van der Waals surface area (Å²) in [5.41, 5.74) is 0. The third-order valence-electron chi connectivity index (χ3n) is 1.66. The standard InChI is InChI=1S/C8H17S/c1-3-4-5-8(2)6-7-9/h8H,3-7H2,1-2H3. The van der Waals surface area contributed by atoms with E-state index in [0.29, 0.717) is 0 Å². The minimum Gasteiger partial charge on any atom is -0.0941 e. The highest BCUT2D eigenvalue weighted by Gasteiger charge is 1.97. The molecule has 1 atom stereocenters. The zero-order valence-electron chi connectivity index (χ0n) is 6.52. The molecule has 0 aromatic carbocycles. The van der Waals surface area contributed by atoms with Crippen LogP contribution in [0, 0.1) is 5.92 Å². The van der Waals surface area contributed by atoms with E-state index >= 15 is 0 Å². The Morgan fingerprint density at radius 2 is 2.00 bits per heavy atom. The van der Waals surface area contributed by atoms with Gasteiger partial charge in [0.2, 0.25) is 0 Å². The summed E-state index contributed by atoms with van der Waals surface area (Å²) < 4.78 is 0. The van der Waals surface area contributed by atoms with Crippen molar-refractivity contribution in [2.45, 2.75) is 39.5 Å². The second kappa shape index (κ2) is 6.47. The topological polar surface area (TPSA) is 0 Å². The highest BCUT2D eigenvalue weighted by molar-refractivity contribution is 7.80. The van der Waals surface area contributed by atoms with Crippen LogP contribution < -0.4 is 0 Å². The maximum atomic E-state index is 4.88. The average Bonchev–Trinajstić information content (AvgIpc) is 1.85. The summed E-state index contributed by atoms with van der Waals surface area (Å²) in [6.45, 7) is 4.53. The molecular formula is C8H17S. The number of unbranched alkanes of at least 4 members (excludes halogenated alkanes) is 1. The van der Waals surface area contributed by atoms with Crippen molar-refractivity contribution in [3.63, 3.8) is 0 Å². The van der Waals surface area contributed by atoms with Gasteiger partial charge in [0.1, 0.15) is 0 Å². The molecule has 0 spiro atoms. The summed E-state index contributed by atoms with van der Waals surface area (Å²) in [6, 6.07) is 0. The van der Waals surface area contributed by atoms with Crippen LogP contribution in [0.4, 0.5) is 0 Å². The molecule has 0 N–H and O–H groups in total. The van der Waals surface area contributed by atoms with Gasteiger partial charge in [0.05, 0.1) is 0 Å². The third kappa shape index (κ3) is 6.23. The van der Waals surface area contributed by atoms with Crippen molar-refractivity contribution in [2.24, 2.45) is 5.92 Å². The lowest BCUT2D eigenvalue weighted by Crippen LogP contribution is -1.94. The van der Waals surface area contributed by atoms with Crippen LogP contribution in [0.15, 0.2) is 0 Å². The van der Waals surface area contributed by atoms with Gasteiger partial charge in [-0.15, -0.1) is 0 Å². The normalized spacial score (nSPS) is 13.7. The monoisotopic (exact) mass is 145 g/mol. The van der Waals surface area contributed by atoms with Crippen molar-refractivity contribution in [1.29, 1.82) is 0 Å². The Bertz CT molecular complexity index is 52.5. The van der Waals surface area contributed by atoms with Gasteiger partial charge in [-0.2, -0.15) is 0 Å². The molecule has 0 amide bonds. The predicted octanol–water partition coefficient (Wildman–Crippen LogP) is 3.40. The summed E-state index contributed by atoms with van der Waals surface area (Å²) in [5, 5.41) is 0. The van der Waals surface area contributed by atoms with Gasteiger partial charge in [0.25, 0.3) is 0 Å². The van der Waals surface area contributed by atoms with Gasteiger partial charge in [-0.1, -0.05) is 45.7 Å².